The lowest BCUT2D eigenvalue weighted by atomic mass is 9.46. The smallest absolute Gasteiger partial charge is 0.470 e. The molecule has 0 saturated heterocycles. The van der Waals surface area contributed by atoms with Gasteiger partial charge in [-0.25, -0.2) is 4.57 Å². The first kappa shape index (κ1) is 34.7. The second-order valence-corrected chi connectivity index (χ2v) is 15.3. The monoisotopic (exact) mass is 658 g/mol. The number of aliphatic imine (C=N–C) groups is 1. The van der Waals surface area contributed by atoms with Crippen LogP contribution in [-0.4, -0.2) is 75.4 Å². The molecule has 3 saturated carbocycles. The molecule has 0 aromatic heterocycles. The van der Waals surface area contributed by atoms with Gasteiger partial charge in [-0.1, -0.05) is 57.5 Å². The van der Waals surface area contributed by atoms with Crippen LogP contribution in [0.4, 0.5) is 0 Å². The van der Waals surface area contributed by atoms with E-state index < -0.39 is 42.7 Å². The molecule has 7 atom stereocenters. The summed E-state index contributed by atoms with van der Waals surface area (Å²) in [5.41, 5.74) is -0.895. The molecule has 1 aromatic carbocycles. The zero-order valence-corrected chi connectivity index (χ0v) is 27.9. The Bertz CT molecular complexity index is 1480. The number of phosphoric acid groups is 1. The first-order valence-electron chi connectivity index (χ1n) is 16.2. The number of benzene rings is 1. The molecule has 0 radical (unpaired) electrons. The Labute approximate surface area is 270 Å². The lowest BCUT2D eigenvalue weighted by Gasteiger charge is -2.59. The summed E-state index contributed by atoms with van der Waals surface area (Å²) >= 11 is 0. The highest BCUT2D eigenvalue weighted by molar-refractivity contribution is 7.46. The number of nitrogens with zero attached hydrogens (tertiary/aromatic N) is 1. The molecule has 4 aliphatic carbocycles. The minimum atomic E-state index is -4.84. The van der Waals surface area contributed by atoms with Gasteiger partial charge in [0.15, 0.2) is 11.6 Å². The third kappa shape index (κ3) is 6.55. The number of rotatable bonds is 8. The van der Waals surface area contributed by atoms with Crippen LogP contribution in [0.25, 0.3) is 0 Å². The number of nitrogens with one attached hydrogen (secondary N) is 1. The normalized spacial score (nSPS) is 34.8. The molecule has 46 heavy (non-hydrogen) atoms. The van der Waals surface area contributed by atoms with Crippen LogP contribution in [0.15, 0.2) is 53.1 Å². The maximum absolute atomic E-state index is 12.8. The highest BCUT2D eigenvalue weighted by atomic mass is 31.2. The number of allylic oxidation sites excluding steroid dienone is 4. The molecule has 0 amide bonds. The Morgan fingerprint density at radius 3 is 2.61 bits per heavy atom. The molecular weight excluding hydrogens is 611 g/mol. The number of carbonyl (C=O) groups is 2. The van der Waals surface area contributed by atoms with Crippen LogP contribution in [0, 0.1) is 28.6 Å². The number of phosphoric ester groups is 1. The van der Waals surface area contributed by atoms with Crippen LogP contribution in [0.3, 0.4) is 0 Å². The summed E-state index contributed by atoms with van der Waals surface area (Å²) in [6.45, 7) is 9.67. The Balaban J connectivity index is 0.000000219. The number of ketones is 2. The topological polar surface area (TPSA) is 175 Å². The quantitative estimate of drug-likeness (QED) is 0.258. The van der Waals surface area contributed by atoms with E-state index in [1.165, 1.54) is 5.56 Å². The molecule has 0 bridgehead atoms. The number of carbonyl (C=O) groups excluding carboxylic acids is 2. The molecule has 1 aromatic rings. The van der Waals surface area contributed by atoms with E-state index in [1.807, 2.05) is 31.2 Å². The fourth-order valence-electron chi connectivity index (χ4n) is 8.83. The molecule has 11 nitrogen and oxygen atoms in total. The second-order valence-electron chi connectivity index (χ2n) is 14.0. The van der Waals surface area contributed by atoms with Gasteiger partial charge in [-0.3, -0.25) is 19.1 Å². The van der Waals surface area contributed by atoms with Crippen molar-refractivity contribution >= 4 is 25.2 Å². The summed E-state index contributed by atoms with van der Waals surface area (Å²) in [5.74, 6) is 1.52. The maximum atomic E-state index is 12.8. The van der Waals surface area contributed by atoms with E-state index in [9.17, 15) is 24.4 Å². The maximum Gasteiger partial charge on any atom is 0.470 e. The summed E-state index contributed by atoms with van der Waals surface area (Å²) in [4.78, 5) is 46.8. The Hall–Kier alpha value is -2.66. The number of aliphatic hydroxyl groups is 2. The molecule has 1 aliphatic heterocycles. The average Bonchev–Trinajstić information content (AvgIpc) is 3.61. The summed E-state index contributed by atoms with van der Waals surface area (Å²) in [6, 6.07) is 8.19. The molecular formula is C34H47N2O9P. The van der Waals surface area contributed by atoms with Gasteiger partial charge in [0.05, 0.1) is 12.6 Å². The number of Topliss-reactive ketones (excluding diaryl/α,β-unsaturated/α-hetero) is 1. The number of ether oxygens (including phenoxy) is 1. The van der Waals surface area contributed by atoms with Crippen molar-refractivity contribution in [2.75, 3.05) is 26.3 Å². The van der Waals surface area contributed by atoms with Crippen molar-refractivity contribution in [3.05, 3.63) is 53.6 Å². The van der Waals surface area contributed by atoms with Gasteiger partial charge in [0.1, 0.15) is 30.4 Å². The van der Waals surface area contributed by atoms with Crippen molar-refractivity contribution in [2.45, 2.75) is 77.4 Å². The lowest BCUT2D eigenvalue weighted by Crippen LogP contribution is -2.61. The fraction of sp³-hybridized carbons (Fsp3) is 0.618. The van der Waals surface area contributed by atoms with Gasteiger partial charge in [0.2, 0.25) is 0 Å². The highest BCUT2D eigenvalue weighted by Gasteiger charge is 2.68. The van der Waals surface area contributed by atoms with E-state index in [2.05, 4.69) is 34.7 Å². The third-order valence-electron chi connectivity index (χ3n) is 11.1. The number of hydrogen-bond donors (Lipinski definition) is 5. The van der Waals surface area contributed by atoms with Gasteiger partial charge in [0, 0.05) is 23.3 Å². The van der Waals surface area contributed by atoms with E-state index in [1.54, 1.807) is 19.1 Å². The van der Waals surface area contributed by atoms with E-state index in [0.29, 0.717) is 18.9 Å². The van der Waals surface area contributed by atoms with Gasteiger partial charge in [-0.15, -0.1) is 0 Å². The van der Waals surface area contributed by atoms with Crippen molar-refractivity contribution < 1.29 is 43.4 Å². The zero-order valence-electron chi connectivity index (χ0n) is 27.0. The molecule has 5 aliphatic rings. The predicted octanol–water partition coefficient (Wildman–Crippen LogP) is 3.87. The van der Waals surface area contributed by atoms with Crippen LogP contribution in [-0.2, 0) is 18.7 Å². The number of para-hydroxylation sites is 1. The van der Waals surface area contributed by atoms with E-state index in [4.69, 9.17) is 14.5 Å². The van der Waals surface area contributed by atoms with Crippen LogP contribution in [0.2, 0.25) is 0 Å². The number of aliphatic hydroxyl groups excluding tert-OH is 1. The molecule has 1 heterocycles. The van der Waals surface area contributed by atoms with Crippen molar-refractivity contribution in [1.82, 2.24) is 5.32 Å². The van der Waals surface area contributed by atoms with Gasteiger partial charge < -0.3 is 30.1 Å². The molecule has 4 unspecified atom stereocenters. The summed E-state index contributed by atoms with van der Waals surface area (Å²) in [6.07, 6.45) is 6.76. The van der Waals surface area contributed by atoms with E-state index in [-0.39, 0.29) is 36.4 Å². The van der Waals surface area contributed by atoms with Crippen molar-refractivity contribution in [3.8, 4) is 5.75 Å². The van der Waals surface area contributed by atoms with E-state index >= 15 is 0 Å². The minimum absolute atomic E-state index is 0.0284. The van der Waals surface area contributed by atoms with Gasteiger partial charge in [0.25, 0.3) is 0 Å². The largest absolute Gasteiger partial charge is 0.485 e. The second kappa shape index (κ2) is 13.1. The zero-order chi connectivity index (χ0) is 33.5. The Kier molecular flexibility index (Phi) is 9.87. The van der Waals surface area contributed by atoms with Gasteiger partial charge >= 0.3 is 7.82 Å². The molecule has 252 valence electrons. The third-order valence-corrected chi connectivity index (χ3v) is 11.6. The van der Waals surface area contributed by atoms with Crippen molar-refractivity contribution in [2.24, 2.45) is 33.6 Å². The summed E-state index contributed by atoms with van der Waals surface area (Å²) in [5, 5.41) is 25.8. The summed E-state index contributed by atoms with van der Waals surface area (Å²) in [7, 11) is -4.84. The van der Waals surface area contributed by atoms with Crippen LogP contribution < -0.4 is 10.1 Å². The molecule has 12 heteroatoms. The molecule has 3 fully saturated rings. The first-order valence-corrected chi connectivity index (χ1v) is 17.7. The Morgan fingerprint density at radius 1 is 1.20 bits per heavy atom. The lowest BCUT2D eigenvalue weighted by molar-refractivity contribution is -0.178. The summed E-state index contributed by atoms with van der Waals surface area (Å²) < 4.78 is 21.2. The van der Waals surface area contributed by atoms with Crippen LogP contribution in [0.5, 0.6) is 5.75 Å². The number of hydrogen-bond acceptors (Lipinski definition) is 9. The minimum Gasteiger partial charge on any atom is -0.485 e. The highest BCUT2D eigenvalue weighted by Crippen LogP contribution is 2.67. The molecule has 0 spiro atoms. The standard InChI is InChI=1S/C21H29O8P.C13H18N2O/c1-19-7-5-13(22)9-12(19)3-4-14-15-6-8-21(25,17(24)11-29-30(26,27)28)20(15,2)10-16(23)18(14)19;1-10(2)11-5-3-4-6-12(11)16-9-13-14-7-8-15-13/h5,7,9,14-16,18,23,25H,3-4,6,8,10-11H2,1-2H3,(H2,26,27,28);3-6,10H,7-9H2,1-2H3,(H,14,15)/t14?,15?,16?,18?,19-,20-,21-;/m0./s1. The fourth-order valence-corrected chi connectivity index (χ4v) is 9.11. The van der Waals surface area contributed by atoms with E-state index in [0.717, 1.165) is 43.1 Å². The first-order chi connectivity index (χ1) is 21.6. The predicted molar refractivity (Wildman–Crippen MR) is 172 cm³/mol. The van der Waals surface area contributed by atoms with Crippen LogP contribution in [0.1, 0.15) is 71.3 Å². The van der Waals surface area contributed by atoms with Crippen molar-refractivity contribution in [1.29, 1.82) is 0 Å². The van der Waals surface area contributed by atoms with Crippen molar-refractivity contribution in [3.63, 3.8) is 0 Å². The average molecular weight is 659 g/mol. The Morgan fingerprint density at radius 2 is 1.93 bits per heavy atom. The molecule has 6 rings (SSSR count). The SMILES string of the molecule is CC(C)c1ccccc1OCC1=NCCN1.C[C@]12C=CC(=O)C=C1CCC1C2C(O)C[C@@]2(C)C1CC[C@]2(O)C(=O)COP(=O)(O)O. The van der Waals surface area contributed by atoms with Gasteiger partial charge in [-0.2, -0.15) is 0 Å². The number of amidine groups is 1. The number of fused-ring (bicyclic) bond motifs is 5. The van der Waals surface area contributed by atoms with Gasteiger partial charge in [-0.05, 0) is 73.6 Å². The van der Waals surface area contributed by atoms with Crippen LogP contribution >= 0.6 is 7.82 Å². The molecule has 5 N–H and O–H groups in total.